The summed E-state index contributed by atoms with van der Waals surface area (Å²) in [6.45, 7) is 1.60. The van der Waals surface area contributed by atoms with E-state index < -0.39 is 23.0 Å². The van der Waals surface area contributed by atoms with E-state index in [0.29, 0.717) is 35.4 Å². The summed E-state index contributed by atoms with van der Waals surface area (Å²) in [6.07, 6.45) is 5.75. The van der Waals surface area contributed by atoms with Crippen LogP contribution in [0.5, 0.6) is 0 Å². The number of carboxylic acids is 1. The first-order valence-corrected chi connectivity index (χ1v) is 8.79. The zero-order valence-electron chi connectivity index (χ0n) is 14.4. The molecule has 0 spiro atoms. The first-order valence-electron chi connectivity index (χ1n) is 8.79. The van der Waals surface area contributed by atoms with Gasteiger partial charge in [-0.25, -0.2) is 8.78 Å². The van der Waals surface area contributed by atoms with Crippen molar-refractivity contribution in [1.29, 1.82) is 0 Å². The molecule has 2 aliphatic rings. The topological polar surface area (TPSA) is 50.2 Å². The van der Waals surface area contributed by atoms with Crippen LogP contribution >= 0.6 is 0 Å². The van der Waals surface area contributed by atoms with Gasteiger partial charge in [0.15, 0.2) is 0 Å². The number of pyridine rings is 1. The maximum absolute atomic E-state index is 14.0. The minimum atomic E-state index is -1.30. The fourth-order valence-corrected chi connectivity index (χ4v) is 3.96. The number of carboxylic acid groups (broad SMARTS) is 1. The third kappa shape index (κ3) is 2.62. The van der Waals surface area contributed by atoms with E-state index in [1.165, 1.54) is 24.4 Å². The summed E-state index contributed by atoms with van der Waals surface area (Å²) in [5, 5.41) is 9.99. The standard InChI is InChI=1S/C21H19F2NO2/c1-12-17(3-2-4-18(12)23)21(20(25)26)8-7-14(10-21)16-9-15(22)11-24-19(16)13-5-6-13/h2-4,9-11,13H,5-8H2,1H3,(H,25,26)/t21-/m0/s1. The number of allylic oxidation sites excluding steroid dienone is 1. The number of hydrogen-bond acceptors (Lipinski definition) is 2. The first kappa shape index (κ1) is 16.9. The smallest absolute Gasteiger partial charge is 0.318 e. The van der Waals surface area contributed by atoms with Crippen LogP contribution in [-0.4, -0.2) is 16.1 Å². The molecule has 26 heavy (non-hydrogen) atoms. The molecule has 0 aliphatic heterocycles. The summed E-state index contributed by atoms with van der Waals surface area (Å²) >= 11 is 0. The lowest BCUT2D eigenvalue weighted by atomic mass is 9.78. The van der Waals surface area contributed by atoms with Crippen molar-refractivity contribution in [3.05, 3.63) is 70.6 Å². The van der Waals surface area contributed by atoms with Gasteiger partial charge < -0.3 is 5.11 Å². The number of benzene rings is 1. The largest absolute Gasteiger partial charge is 0.480 e. The van der Waals surface area contributed by atoms with Gasteiger partial charge in [-0.05, 0) is 61.4 Å². The Morgan fingerprint density at radius 2 is 2.08 bits per heavy atom. The van der Waals surface area contributed by atoms with Crippen LogP contribution < -0.4 is 0 Å². The molecule has 1 atom stereocenters. The average Bonchev–Trinajstić information content (AvgIpc) is 3.35. The second-order valence-electron chi connectivity index (χ2n) is 7.22. The monoisotopic (exact) mass is 355 g/mol. The molecule has 0 bridgehead atoms. The molecule has 1 aromatic heterocycles. The Morgan fingerprint density at radius 3 is 2.77 bits per heavy atom. The Labute approximate surface area is 150 Å². The van der Waals surface area contributed by atoms with Gasteiger partial charge in [0.1, 0.15) is 17.0 Å². The lowest BCUT2D eigenvalue weighted by molar-refractivity contribution is -0.141. The molecule has 1 fully saturated rings. The van der Waals surface area contributed by atoms with Crippen LogP contribution in [0.4, 0.5) is 8.78 Å². The quantitative estimate of drug-likeness (QED) is 0.861. The van der Waals surface area contributed by atoms with Crippen LogP contribution in [0.25, 0.3) is 5.57 Å². The third-order valence-electron chi connectivity index (χ3n) is 5.53. The molecule has 0 amide bonds. The van der Waals surface area contributed by atoms with Gasteiger partial charge in [0.2, 0.25) is 0 Å². The normalized spacial score (nSPS) is 22.3. The number of halogens is 2. The van der Waals surface area contributed by atoms with E-state index in [-0.39, 0.29) is 0 Å². The average molecular weight is 355 g/mol. The fraction of sp³-hybridized carbons (Fsp3) is 0.333. The van der Waals surface area contributed by atoms with Gasteiger partial charge in [-0.3, -0.25) is 9.78 Å². The van der Waals surface area contributed by atoms with Crippen molar-refractivity contribution in [2.75, 3.05) is 0 Å². The molecule has 4 rings (SSSR count). The Morgan fingerprint density at radius 1 is 1.31 bits per heavy atom. The van der Waals surface area contributed by atoms with E-state index in [1.54, 1.807) is 19.1 Å². The zero-order valence-corrected chi connectivity index (χ0v) is 14.4. The van der Waals surface area contributed by atoms with Gasteiger partial charge in [0.25, 0.3) is 0 Å². The van der Waals surface area contributed by atoms with Gasteiger partial charge in [0.05, 0.1) is 11.9 Å². The van der Waals surface area contributed by atoms with Crippen LogP contribution in [0, 0.1) is 18.6 Å². The Kier molecular flexibility index (Phi) is 3.90. The van der Waals surface area contributed by atoms with Crippen molar-refractivity contribution in [3.63, 3.8) is 0 Å². The summed E-state index contributed by atoms with van der Waals surface area (Å²) in [4.78, 5) is 16.5. The van der Waals surface area contributed by atoms with Crippen LogP contribution in [0.3, 0.4) is 0 Å². The van der Waals surface area contributed by atoms with Gasteiger partial charge in [-0.15, -0.1) is 0 Å². The molecule has 1 saturated carbocycles. The van der Waals surface area contributed by atoms with Crippen molar-refractivity contribution in [2.45, 2.75) is 43.9 Å². The molecule has 1 heterocycles. The van der Waals surface area contributed by atoms with Crippen molar-refractivity contribution >= 4 is 11.5 Å². The summed E-state index contributed by atoms with van der Waals surface area (Å²) in [5.41, 5.74) is 1.82. The summed E-state index contributed by atoms with van der Waals surface area (Å²) in [6, 6.07) is 5.98. The predicted octanol–water partition coefficient (Wildman–Crippen LogP) is 4.75. The lowest BCUT2D eigenvalue weighted by Crippen LogP contribution is -2.32. The van der Waals surface area contributed by atoms with E-state index in [4.69, 9.17) is 0 Å². The highest BCUT2D eigenvalue weighted by molar-refractivity contribution is 5.90. The molecule has 1 N–H and O–H groups in total. The number of hydrogen-bond donors (Lipinski definition) is 1. The minimum absolute atomic E-state index is 0.322. The number of rotatable bonds is 4. The number of aliphatic carboxylic acids is 1. The number of nitrogens with zero attached hydrogens (tertiary/aromatic N) is 1. The lowest BCUT2D eigenvalue weighted by Gasteiger charge is -2.24. The molecule has 3 nitrogen and oxygen atoms in total. The predicted molar refractivity (Wildman–Crippen MR) is 93.8 cm³/mol. The highest BCUT2D eigenvalue weighted by atomic mass is 19.1. The van der Waals surface area contributed by atoms with E-state index in [2.05, 4.69) is 4.98 Å². The summed E-state index contributed by atoms with van der Waals surface area (Å²) in [5.74, 6) is -1.54. The van der Waals surface area contributed by atoms with Crippen molar-refractivity contribution < 1.29 is 18.7 Å². The van der Waals surface area contributed by atoms with Crippen LogP contribution in [0.2, 0.25) is 0 Å². The fourth-order valence-electron chi connectivity index (χ4n) is 3.96. The van der Waals surface area contributed by atoms with Crippen molar-refractivity contribution in [1.82, 2.24) is 4.98 Å². The van der Waals surface area contributed by atoms with Gasteiger partial charge >= 0.3 is 5.97 Å². The van der Waals surface area contributed by atoms with Crippen LogP contribution in [0.15, 0.2) is 36.5 Å². The molecule has 0 saturated heterocycles. The van der Waals surface area contributed by atoms with E-state index in [0.717, 1.165) is 24.1 Å². The van der Waals surface area contributed by atoms with E-state index >= 15 is 0 Å². The number of carbonyl (C=O) groups is 1. The van der Waals surface area contributed by atoms with Gasteiger partial charge in [0, 0.05) is 11.5 Å². The molecular weight excluding hydrogens is 336 g/mol. The Balaban J connectivity index is 1.86. The van der Waals surface area contributed by atoms with E-state index in [1.807, 2.05) is 0 Å². The molecule has 2 aromatic rings. The Bertz CT molecular complexity index is 934. The van der Waals surface area contributed by atoms with Crippen molar-refractivity contribution in [2.24, 2.45) is 0 Å². The summed E-state index contributed by atoms with van der Waals surface area (Å²) in [7, 11) is 0. The molecular formula is C21H19F2NO2. The molecule has 0 unspecified atom stereocenters. The van der Waals surface area contributed by atoms with Crippen molar-refractivity contribution in [3.8, 4) is 0 Å². The van der Waals surface area contributed by atoms with Gasteiger partial charge in [-0.2, -0.15) is 0 Å². The maximum atomic E-state index is 14.0. The molecule has 2 aliphatic carbocycles. The number of aromatic nitrogens is 1. The maximum Gasteiger partial charge on any atom is 0.318 e. The van der Waals surface area contributed by atoms with Gasteiger partial charge in [-0.1, -0.05) is 18.2 Å². The second-order valence-corrected chi connectivity index (χ2v) is 7.22. The zero-order chi connectivity index (χ0) is 18.5. The minimum Gasteiger partial charge on any atom is -0.480 e. The second kappa shape index (κ2) is 6.01. The first-order chi connectivity index (χ1) is 12.4. The third-order valence-corrected chi connectivity index (χ3v) is 5.53. The summed E-state index contributed by atoms with van der Waals surface area (Å²) < 4.78 is 27.9. The van der Waals surface area contributed by atoms with E-state index in [9.17, 15) is 18.7 Å². The molecule has 134 valence electrons. The molecule has 0 radical (unpaired) electrons. The molecule has 5 heteroatoms. The highest BCUT2D eigenvalue weighted by Gasteiger charge is 2.44. The molecule has 1 aromatic carbocycles. The SMILES string of the molecule is Cc1c(F)cccc1[C@@]1(C(=O)O)C=C(c2cc(F)cnc2C2CC2)CC1. The van der Waals surface area contributed by atoms with Crippen LogP contribution in [0.1, 0.15) is 54.0 Å². The highest BCUT2D eigenvalue weighted by Crippen LogP contribution is 2.48. The van der Waals surface area contributed by atoms with Crippen LogP contribution in [-0.2, 0) is 10.2 Å². The Hall–Kier alpha value is -2.56.